The molecule has 1 heterocycles. The van der Waals surface area contributed by atoms with Crippen molar-refractivity contribution >= 4 is 34.7 Å². The Bertz CT molecular complexity index is 1370. The Hall–Kier alpha value is -3.91. The Kier molecular flexibility index (Phi) is 5.55. The van der Waals surface area contributed by atoms with E-state index in [-0.39, 0.29) is 16.2 Å². The van der Waals surface area contributed by atoms with Gasteiger partial charge in [0.15, 0.2) is 4.77 Å². The molecular weight excluding hydrogens is 414 g/mol. The molecule has 0 bridgehead atoms. The van der Waals surface area contributed by atoms with Crippen LogP contribution in [0.4, 0.5) is 5.69 Å². The Morgan fingerprint density at radius 1 is 0.935 bits per heavy atom. The number of nitrogens with one attached hydrogen (secondary N) is 2. The summed E-state index contributed by atoms with van der Waals surface area (Å²) in [6.07, 6.45) is 0. The fourth-order valence-electron chi connectivity index (χ4n) is 3.20. The molecule has 0 saturated heterocycles. The van der Waals surface area contributed by atoms with Crippen LogP contribution in [0.3, 0.4) is 0 Å². The number of hydrogen-bond donors (Lipinski definition) is 2. The molecule has 2 N–H and O–H groups in total. The first-order valence-electron chi connectivity index (χ1n) is 9.39. The fourth-order valence-corrected chi connectivity index (χ4v) is 3.50. The Morgan fingerprint density at radius 2 is 1.55 bits per heavy atom. The number of carbonyl (C=O) groups excluding carboxylic acids is 1. The Balaban J connectivity index is 1.68. The highest BCUT2D eigenvalue weighted by molar-refractivity contribution is 7.71. The number of carbonyl (C=O) groups is 1. The first kappa shape index (κ1) is 20.4. The zero-order valence-electron chi connectivity index (χ0n) is 16.8. The van der Waals surface area contributed by atoms with E-state index >= 15 is 0 Å². The van der Waals surface area contributed by atoms with Crippen LogP contribution < -0.4 is 20.3 Å². The summed E-state index contributed by atoms with van der Waals surface area (Å²) in [6.45, 7) is 0. The second-order valence-electron chi connectivity index (χ2n) is 6.71. The van der Waals surface area contributed by atoms with Crippen LogP contribution in [0.15, 0.2) is 71.5 Å². The molecule has 0 atom stereocenters. The molecule has 0 aliphatic carbocycles. The molecule has 0 unspecified atom stereocenters. The summed E-state index contributed by atoms with van der Waals surface area (Å²) in [7, 11) is 3.15. The van der Waals surface area contributed by atoms with E-state index in [0.29, 0.717) is 39.3 Å². The van der Waals surface area contributed by atoms with Crippen molar-refractivity contribution in [3.63, 3.8) is 0 Å². The largest absolute Gasteiger partial charge is 0.497 e. The minimum absolute atomic E-state index is 0.232. The molecule has 1 amide bonds. The van der Waals surface area contributed by atoms with Crippen molar-refractivity contribution in [3.05, 3.63) is 87.4 Å². The van der Waals surface area contributed by atoms with Gasteiger partial charge in [0.25, 0.3) is 11.5 Å². The van der Waals surface area contributed by atoms with Gasteiger partial charge in [0.1, 0.15) is 11.5 Å². The smallest absolute Gasteiger partial charge is 0.266 e. The summed E-state index contributed by atoms with van der Waals surface area (Å²) < 4.78 is 11.9. The normalized spacial score (nSPS) is 10.6. The van der Waals surface area contributed by atoms with Crippen molar-refractivity contribution < 1.29 is 14.3 Å². The molecule has 0 aliphatic rings. The third-order valence-corrected chi connectivity index (χ3v) is 5.12. The van der Waals surface area contributed by atoms with Crippen LogP contribution in [-0.2, 0) is 0 Å². The minimum atomic E-state index is -0.300. The van der Waals surface area contributed by atoms with Crippen molar-refractivity contribution in [3.8, 4) is 17.2 Å². The van der Waals surface area contributed by atoms with Crippen LogP contribution >= 0.6 is 12.2 Å². The van der Waals surface area contributed by atoms with E-state index in [1.54, 1.807) is 80.9 Å². The van der Waals surface area contributed by atoms with Gasteiger partial charge in [-0.3, -0.25) is 14.2 Å². The van der Waals surface area contributed by atoms with Crippen LogP contribution in [-0.4, -0.2) is 29.7 Å². The van der Waals surface area contributed by atoms with Crippen LogP contribution in [0, 0.1) is 4.77 Å². The Labute approximate surface area is 182 Å². The number of anilines is 1. The molecule has 3 aromatic carbocycles. The van der Waals surface area contributed by atoms with Gasteiger partial charge in [-0.2, -0.15) is 0 Å². The molecule has 0 fully saturated rings. The van der Waals surface area contributed by atoms with E-state index in [9.17, 15) is 9.59 Å². The van der Waals surface area contributed by atoms with Gasteiger partial charge in [-0.05, 0) is 78.9 Å². The van der Waals surface area contributed by atoms with E-state index in [0.717, 1.165) is 0 Å². The van der Waals surface area contributed by atoms with Crippen molar-refractivity contribution in [2.45, 2.75) is 0 Å². The zero-order chi connectivity index (χ0) is 22.0. The number of nitrogens with zero attached hydrogens (tertiary/aromatic N) is 1. The SMILES string of the molecule is COc1ccc(NC(=O)c2ccc3c(=O)n(-c4ccc(OC)cc4)c(=S)[nH]c3c2)cc1. The monoisotopic (exact) mass is 433 g/mol. The summed E-state index contributed by atoms with van der Waals surface area (Å²) in [5.74, 6) is 1.08. The summed E-state index contributed by atoms with van der Waals surface area (Å²) in [5, 5.41) is 3.24. The third kappa shape index (κ3) is 4.06. The van der Waals surface area contributed by atoms with Gasteiger partial charge >= 0.3 is 0 Å². The molecule has 31 heavy (non-hydrogen) atoms. The maximum absolute atomic E-state index is 13.1. The van der Waals surface area contributed by atoms with Gasteiger partial charge in [-0.1, -0.05) is 0 Å². The highest BCUT2D eigenvalue weighted by atomic mass is 32.1. The van der Waals surface area contributed by atoms with Crippen LogP contribution in [0.1, 0.15) is 10.4 Å². The van der Waals surface area contributed by atoms with E-state index in [1.165, 1.54) is 4.57 Å². The van der Waals surface area contributed by atoms with Gasteiger partial charge in [0.2, 0.25) is 0 Å². The minimum Gasteiger partial charge on any atom is -0.497 e. The van der Waals surface area contributed by atoms with Crippen molar-refractivity contribution in [2.75, 3.05) is 19.5 Å². The fraction of sp³-hybridized carbons (Fsp3) is 0.0870. The molecule has 156 valence electrons. The summed E-state index contributed by atoms with van der Waals surface area (Å²) >= 11 is 5.41. The number of hydrogen-bond acceptors (Lipinski definition) is 5. The number of aromatic nitrogens is 2. The maximum Gasteiger partial charge on any atom is 0.266 e. The van der Waals surface area contributed by atoms with E-state index in [4.69, 9.17) is 21.7 Å². The highest BCUT2D eigenvalue weighted by Crippen LogP contribution is 2.19. The predicted octanol–water partition coefficient (Wildman–Crippen LogP) is 4.32. The standard InChI is InChI=1S/C23H19N3O4S/c1-29-17-8-4-15(5-9-17)24-21(27)14-3-12-19-20(13-14)25-23(31)26(22(19)28)16-6-10-18(30-2)11-7-16/h3-13H,1-2H3,(H,24,27)(H,25,31). The van der Waals surface area contributed by atoms with Gasteiger partial charge in [0, 0.05) is 11.3 Å². The number of H-pyrrole nitrogens is 1. The molecule has 0 aliphatic heterocycles. The van der Waals surface area contributed by atoms with Gasteiger partial charge in [-0.15, -0.1) is 0 Å². The summed E-state index contributed by atoms with van der Waals surface area (Å²) in [4.78, 5) is 28.8. The number of methoxy groups -OCH3 is 2. The number of aromatic amines is 1. The van der Waals surface area contributed by atoms with Crippen molar-refractivity contribution in [1.29, 1.82) is 0 Å². The molecule has 1 aromatic heterocycles. The quantitative estimate of drug-likeness (QED) is 0.458. The molecule has 4 rings (SSSR count). The highest BCUT2D eigenvalue weighted by Gasteiger charge is 2.12. The average Bonchev–Trinajstić information content (AvgIpc) is 2.79. The lowest BCUT2D eigenvalue weighted by Gasteiger charge is -2.10. The molecule has 4 aromatic rings. The third-order valence-electron chi connectivity index (χ3n) is 4.84. The van der Waals surface area contributed by atoms with Gasteiger partial charge < -0.3 is 19.8 Å². The number of benzene rings is 3. The second-order valence-corrected chi connectivity index (χ2v) is 7.10. The van der Waals surface area contributed by atoms with Crippen molar-refractivity contribution in [2.24, 2.45) is 0 Å². The molecule has 8 heteroatoms. The first-order valence-corrected chi connectivity index (χ1v) is 9.80. The van der Waals surface area contributed by atoms with E-state index in [1.807, 2.05) is 0 Å². The second kappa shape index (κ2) is 8.45. The van der Waals surface area contributed by atoms with Crippen molar-refractivity contribution in [1.82, 2.24) is 9.55 Å². The number of ether oxygens (including phenoxy) is 2. The molecule has 0 spiro atoms. The molecule has 0 radical (unpaired) electrons. The van der Waals surface area contributed by atoms with Crippen LogP contribution in [0.2, 0.25) is 0 Å². The number of fused-ring (bicyclic) bond motifs is 1. The zero-order valence-corrected chi connectivity index (χ0v) is 17.7. The van der Waals surface area contributed by atoms with Gasteiger partial charge in [0.05, 0.1) is 30.8 Å². The van der Waals surface area contributed by atoms with E-state index in [2.05, 4.69) is 10.3 Å². The predicted molar refractivity (Wildman–Crippen MR) is 122 cm³/mol. The van der Waals surface area contributed by atoms with E-state index < -0.39 is 0 Å². The van der Waals surface area contributed by atoms with Crippen LogP contribution in [0.5, 0.6) is 11.5 Å². The molecule has 7 nitrogen and oxygen atoms in total. The maximum atomic E-state index is 13.1. The summed E-state index contributed by atoms with van der Waals surface area (Å²) in [6, 6.07) is 18.9. The summed E-state index contributed by atoms with van der Waals surface area (Å²) in [5.41, 5.74) is 1.87. The lowest BCUT2D eigenvalue weighted by Crippen LogP contribution is -2.21. The molecule has 0 saturated carbocycles. The average molecular weight is 433 g/mol. The molecular formula is C23H19N3O4S. The number of amides is 1. The number of rotatable bonds is 5. The lowest BCUT2D eigenvalue weighted by atomic mass is 10.1. The Morgan fingerprint density at radius 3 is 2.16 bits per heavy atom. The topological polar surface area (TPSA) is 85.3 Å². The first-order chi connectivity index (χ1) is 15.0. The lowest BCUT2D eigenvalue weighted by molar-refractivity contribution is 0.102. The van der Waals surface area contributed by atoms with Crippen LogP contribution in [0.25, 0.3) is 16.6 Å². The van der Waals surface area contributed by atoms with Gasteiger partial charge in [-0.25, -0.2) is 0 Å².